The summed E-state index contributed by atoms with van der Waals surface area (Å²) in [7, 11) is 1.68. The Hall–Kier alpha value is -1.82. The van der Waals surface area contributed by atoms with Gasteiger partial charge in [0.1, 0.15) is 0 Å². The molecule has 0 radical (unpaired) electrons. The van der Waals surface area contributed by atoms with Gasteiger partial charge in [-0.15, -0.1) is 0 Å². The molecule has 2 rings (SSSR count). The number of hydrogen-bond donors (Lipinski definition) is 1. The maximum atomic E-state index is 12.3. The number of carbonyl (C=O) groups is 1. The van der Waals surface area contributed by atoms with Crippen LogP contribution in [0.2, 0.25) is 5.02 Å². The van der Waals surface area contributed by atoms with Crippen molar-refractivity contribution in [1.29, 1.82) is 0 Å². The minimum Gasteiger partial charge on any atom is -0.397 e. The lowest BCUT2D eigenvalue weighted by molar-refractivity contribution is -0.384. The quantitative estimate of drug-likeness (QED) is 0.524. The lowest BCUT2D eigenvalue weighted by atomic mass is 9.91. The van der Waals surface area contributed by atoms with Gasteiger partial charge in [-0.25, -0.2) is 0 Å². The van der Waals surface area contributed by atoms with E-state index in [9.17, 15) is 14.9 Å². The van der Waals surface area contributed by atoms with Gasteiger partial charge in [-0.05, 0) is 19.3 Å². The third-order valence-corrected chi connectivity index (χ3v) is 3.81. The van der Waals surface area contributed by atoms with E-state index in [1.165, 1.54) is 6.07 Å². The minimum absolute atomic E-state index is 0.0274. The van der Waals surface area contributed by atoms with Gasteiger partial charge in [-0.3, -0.25) is 14.9 Å². The summed E-state index contributed by atoms with van der Waals surface area (Å²) in [6, 6.07) is 2.51. The van der Waals surface area contributed by atoms with Gasteiger partial charge >= 0.3 is 0 Å². The maximum absolute atomic E-state index is 12.3. The van der Waals surface area contributed by atoms with E-state index >= 15 is 0 Å². The number of hydrogen-bond acceptors (Lipinski definition) is 4. The molecule has 0 spiro atoms. The molecule has 6 nitrogen and oxygen atoms in total. The highest BCUT2D eigenvalue weighted by Gasteiger charge is 2.28. The first kappa shape index (κ1) is 13.6. The fraction of sp³-hybridized carbons (Fsp3) is 0.417. The van der Waals surface area contributed by atoms with Gasteiger partial charge < -0.3 is 10.6 Å². The van der Waals surface area contributed by atoms with Crippen molar-refractivity contribution in [3.05, 3.63) is 32.8 Å². The number of nitro benzene ring substituents is 1. The Kier molecular flexibility index (Phi) is 3.61. The number of benzene rings is 1. The molecule has 0 bridgehead atoms. The van der Waals surface area contributed by atoms with Crippen LogP contribution in [0, 0.1) is 10.1 Å². The van der Waals surface area contributed by atoms with E-state index in [0.29, 0.717) is 0 Å². The predicted octanol–water partition coefficient (Wildman–Crippen LogP) is 2.45. The number of carbonyl (C=O) groups excluding carboxylic acids is 1. The number of halogens is 1. The Balaban J connectivity index is 2.37. The van der Waals surface area contributed by atoms with Crippen LogP contribution in [0.1, 0.15) is 29.6 Å². The Morgan fingerprint density at radius 1 is 1.53 bits per heavy atom. The summed E-state index contributed by atoms with van der Waals surface area (Å²) >= 11 is 5.84. The standard InChI is InChI=1S/C12H14ClN3O3/c1-15(7-3-2-4-7)12(17)9-5-8(16(18)19)6-10(13)11(9)14/h5-7H,2-4,14H2,1H3. The fourth-order valence-corrected chi connectivity index (χ4v) is 2.23. The van der Waals surface area contributed by atoms with Crippen LogP contribution < -0.4 is 5.73 Å². The third kappa shape index (κ3) is 2.49. The molecule has 1 aromatic rings. The Labute approximate surface area is 115 Å². The Morgan fingerprint density at radius 2 is 2.16 bits per heavy atom. The molecule has 1 fully saturated rings. The molecule has 2 N–H and O–H groups in total. The molecule has 1 aliphatic rings. The first-order valence-electron chi connectivity index (χ1n) is 5.92. The van der Waals surface area contributed by atoms with Crippen molar-refractivity contribution in [3.63, 3.8) is 0 Å². The van der Waals surface area contributed by atoms with Crippen LogP contribution in [0.4, 0.5) is 11.4 Å². The molecule has 19 heavy (non-hydrogen) atoms. The van der Waals surface area contributed by atoms with Crippen LogP contribution in [-0.4, -0.2) is 28.8 Å². The summed E-state index contributed by atoms with van der Waals surface area (Å²) in [5, 5.41) is 10.8. The molecule has 102 valence electrons. The van der Waals surface area contributed by atoms with Crippen molar-refractivity contribution >= 4 is 28.9 Å². The molecular weight excluding hydrogens is 270 g/mol. The van der Waals surface area contributed by atoms with Crippen LogP contribution in [0.3, 0.4) is 0 Å². The van der Waals surface area contributed by atoms with Crippen LogP contribution in [0.25, 0.3) is 0 Å². The second-order valence-corrected chi connectivity index (χ2v) is 5.05. The molecule has 0 heterocycles. The molecule has 0 atom stereocenters. The fourth-order valence-electron chi connectivity index (χ4n) is 2.02. The van der Waals surface area contributed by atoms with Crippen molar-refractivity contribution in [2.45, 2.75) is 25.3 Å². The topological polar surface area (TPSA) is 89.5 Å². The van der Waals surface area contributed by atoms with Gasteiger partial charge in [0.05, 0.1) is 21.2 Å². The molecule has 1 aliphatic carbocycles. The summed E-state index contributed by atoms with van der Waals surface area (Å²) in [4.78, 5) is 24.1. The molecule has 1 aromatic carbocycles. The lowest BCUT2D eigenvalue weighted by Gasteiger charge is -2.35. The molecule has 7 heteroatoms. The van der Waals surface area contributed by atoms with E-state index in [1.54, 1.807) is 11.9 Å². The van der Waals surface area contributed by atoms with Crippen molar-refractivity contribution < 1.29 is 9.72 Å². The highest BCUT2D eigenvalue weighted by Crippen LogP contribution is 2.31. The second kappa shape index (κ2) is 5.05. The minimum atomic E-state index is -0.592. The van der Waals surface area contributed by atoms with Gasteiger partial charge in [-0.1, -0.05) is 11.6 Å². The first-order chi connectivity index (χ1) is 8.91. The average molecular weight is 284 g/mol. The zero-order chi connectivity index (χ0) is 14.2. The highest BCUT2D eigenvalue weighted by atomic mass is 35.5. The summed E-state index contributed by atoms with van der Waals surface area (Å²) in [6.45, 7) is 0. The Bertz CT molecular complexity index is 543. The smallest absolute Gasteiger partial charge is 0.271 e. The lowest BCUT2D eigenvalue weighted by Crippen LogP contribution is -2.41. The van der Waals surface area contributed by atoms with E-state index < -0.39 is 4.92 Å². The summed E-state index contributed by atoms with van der Waals surface area (Å²) < 4.78 is 0. The molecular formula is C12H14ClN3O3. The number of rotatable bonds is 3. The molecule has 0 aliphatic heterocycles. The SMILES string of the molecule is CN(C(=O)c1cc([N+](=O)[O-])cc(Cl)c1N)C1CCC1. The van der Waals surface area contributed by atoms with Crippen LogP contribution in [0.15, 0.2) is 12.1 Å². The summed E-state index contributed by atoms with van der Waals surface area (Å²) in [5.41, 5.74) is 5.69. The zero-order valence-electron chi connectivity index (χ0n) is 10.4. The van der Waals surface area contributed by atoms with E-state index in [1.807, 2.05) is 0 Å². The number of nitrogens with two attached hydrogens (primary N) is 1. The van der Waals surface area contributed by atoms with E-state index in [2.05, 4.69) is 0 Å². The molecule has 0 saturated heterocycles. The third-order valence-electron chi connectivity index (χ3n) is 3.50. The maximum Gasteiger partial charge on any atom is 0.271 e. The normalized spacial score (nSPS) is 14.8. The number of nitrogens with zero attached hydrogens (tertiary/aromatic N) is 2. The van der Waals surface area contributed by atoms with Crippen LogP contribution in [-0.2, 0) is 0 Å². The Morgan fingerprint density at radius 3 is 2.63 bits per heavy atom. The summed E-state index contributed by atoms with van der Waals surface area (Å²) in [5.74, 6) is -0.326. The van der Waals surface area contributed by atoms with Gasteiger partial charge in [0.15, 0.2) is 0 Å². The van der Waals surface area contributed by atoms with Gasteiger partial charge in [0, 0.05) is 25.2 Å². The largest absolute Gasteiger partial charge is 0.397 e. The number of nitro groups is 1. The number of amides is 1. The number of non-ortho nitro benzene ring substituents is 1. The average Bonchev–Trinajstić information content (AvgIpc) is 2.29. The summed E-state index contributed by atoms with van der Waals surface area (Å²) in [6.07, 6.45) is 2.99. The zero-order valence-corrected chi connectivity index (χ0v) is 11.2. The first-order valence-corrected chi connectivity index (χ1v) is 6.30. The highest BCUT2D eigenvalue weighted by molar-refractivity contribution is 6.34. The van der Waals surface area contributed by atoms with Crippen molar-refractivity contribution in [3.8, 4) is 0 Å². The van der Waals surface area contributed by atoms with Crippen molar-refractivity contribution in [1.82, 2.24) is 4.90 Å². The molecule has 0 unspecified atom stereocenters. The van der Waals surface area contributed by atoms with Crippen LogP contribution in [0.5, 0.6) is 0 Å². The molecule has 1 saturated carbocycles. The van der Waals surface area contributed by atoms with Gasteiger partial charge in [-0.2, -0.15) is 0 Å². The predicted molar refractivity (Wildman–Crippen MR) is 72.3 cm³/mol. The number of anilines is 1. The van der Waals surface area contributed by atoms with Gasteiger partial charge in [0.25, 0.3) is 11.6 Å². The van der Waals surface area contributed by atoms with Crippen LogP contribution >= 0.6 is 11.6 Å². The molecule has 0 aromatic heterocycles. The monoisotopic (exact) mass is 283 g/mol. The van der Waals surface area contributed by atoms with E-state index in [-0.39, 0.29) is 33.9 Å². The number of nitrogen functional groups attached to an aromatic ring is 1. The van der Waals surface area contributed by atoms with Gasteiger partial charge in [0.2, 0.25) is 0 Å². The van der Waals surface area contributed by atoms with Crippen molar-refractivity contribution in [2.75, 3.05) is 12.8 Å². The van der Waals surface area contributed by atoms with Crippen molar-refractivity contribution in [2.24, 2.45) is 0 Å². The second-order valence-electron chi connectivity index (χ2n) is 4.65. The van der Waals surface area contributed by atoms with E-state index in [0.717, 1.165) is 25.3 Å². The van der Waals surface area contributed by atoms with E-state index in [4.69, 9.17) is 17.3 Å². The molecule has 1 amide bonds.